The molecule has 5 nitrogen and oxygen atoms in total. The van der Waals surface area contributed by atoms with Crippen LogP contribution >= 0.6 is 0 Å². The lowest BCUT2D eigenvalue weighted by Crippen LogP contribution is -2.48. The Morgan fingerprint density at radius 2 is 1.75 bits per heavy atom. The third-order valence-corrected chi connectivity index (χ3v) is 6.33. The number of benzene rings is 3. The summed E-state index contributed by atoms with van der Waals surface area (Å²) in [5.74, 6) is 0.00215. The zero-order valence-corrected chi connectivity index (χ0v) is 18.3. The van der Waals surface area contributed by atoms with Gasteiger partial charge in [-0.3, -0.25) is 9.69 Å². The third kappa shape index (κ3) is 4.14. The molecule has 1 N–H and O–H groups in total. The maximum Gasteiger partial charge on any atom is 0.224 e. The van der Waals surface area contributed by atoms with Gasteiger partial charge in [0.05, 0.1) is 31.9 Å². The van der Waals surface area contributed by atoms with Gasteiger partial charge in [0.1, 0.15) is 5.58 Å². The van der Waals surface area contributed by atoms with Crippen molar-refractivity contribution < 1.29 is 13.9 Å². The van der Waals surface area contributed by atoms with Crippen LogP contribution < -0.4 is 5.32 Å². The van der Waals surface area contributed by atoms with E-state index in [2.05, 4.69) is 59.6 Å². The summed E-state index contributed by atoms with van der Waals surface area (Å²) in [6, 6.07) is 22.7. The van der Waals surface area contributed by atoms with Crippen LogP contribution in [0.25, 0.3) is 21.7 Å². The Bertz CT molecular complexity index is 1210. The summed E-state index contributed by atoms with van der Waals surface area (Å²) in [5.41, 5.74) is 2.95. The molecule has 1 amide bonds. The van der Waals surface area contributed by atoms with Crippen LogP contribution in [0.1, 0.15) is 24.1 Å². The molecular weight excluding hydrogens is 400 g/mol. The van der Waals surface area contributed by atoms with Crippen LogP contribution in [0.2, 0.25) is 0 Å². The minimum atomic E-state index is -0.0436. The molecule has 5 heteroatoms. The summed E-state index contributed by atoms with van der Waals surface area (Å²) in [6.07, 6.45) is 2.01. The van der Waals surface area contributed by atoms with Gasteiger partial charge in [0.15, 0.2) is 0 Å². The van der Waals surface area contributed by atoms with E-state index in [1.54, 1.807) is 6.26 Å². The van der Waals surface area contributed by atoms with Crippen molar-refractivity contribution in [2.45, 2.75) is 25.4 Å². The number of rotatable bonds is 6. The molecular formula is C27H28N2O3. The van der Waals surface area contributed by atoms with Crippen LogP contribution in [0.3, 0.4) is 0 Å². The summed E-state index contributed by atoms with van der Waals surface area (Å²) in [6.45, 7) is 5.25. The van der Waals surface area contributed by atoms with Gasteiger partial charge in [-0.05, 0) is 29.3 Å². The fourth-order valence-electron chi connectivity index (χ4n) is 4.88. The first-order chi connectivity index (χ1) is 15.7. The molecule has 32 heavy (non-hydrogen) atoms. The highest BCUT2D eigenvalue weighted by Gasteiger charge is 2.28. The Morgan fingerprint density at radius 3 is 2.56 bits per heavy atom. The van der Waals surface area contributed by atoms with Gasteiger partial charge in [-0.1, -0.05) is 60.7 Å². The van der Waals surface area contributed by atoms with E-state index in [4.69, 9.17) is 9.15 Å². The number of furan rings is 1. The average molecular weight is 429 g/mol. The molecule has 1 fully saturated rings. The highest BCUT2D eigenvalue weighted by molar-refractivity contribution is 6.08. The molecule has 0 aliphatic carbocycles. The number of morpholine rings is 1. The van der Waals surface area contributed by atoms with Crippen LogP contribution in [0.4, 0.5) is 0 Å². The van der Waals surface area contributed by atoms with Crippen molar-refractivity contribution >= 4 is 27.6 Å². The van der Waals surface area contributed by atoms with Crippen molar-refractivity contribution in [1.29, 1.82) is 0 Å². The molecule has 0 radical (unpaired) electrons. The van der Waals surface area contributed by atoms with Crippen molar-refractivity contribution in [3.63, 3.8) is 0 Å². The highest BCUT2D eigenvalue weighted by atomic mass is 16.5. The second-order valence-electron chi connectivity index (χ2n) is 8.46. The predicted octanol–water partition coefficient (Wildman–Crippen LogP) is 4.71. The molecule has 1 aromatic heterocycles. The molecule has 5 rings (SSSR count). The minimum absolute atomic E-state index is 0.00215. The Morgan fingerprint density at radius 1 is 1.00 bits per heavy atom. The van der Waals surface area contributed by atoms with Gasteiger partial charge in [-0.25, -0.2) is 0 Å². The van der Waals surface area contributed by atoms with E-state index in [9.17, 15) is 4.79 Å². The van der Waals surface area contributed by atoms with Crippen LogP contribution in [0, 0.1) is 0 Å². The summed E-state index contributed by atoms with van der Waals surface area (Å²) in [4.78, 5) is 15.5. The quantitative estimate of drug-likeness (QED) is 0.483. The fraction of sp³-hybridized carbons (Fsp3) is 0.296. The van der Waals surface area contributed by atoms with Crippen molar-refractivity contribution in [2.24, 2.45) is 0 Å². The van der Waals surface area contributed by atoms with E-state index in [0.29, 0.717) is 0 Å². The number of nitrogens with one attached hydrogen (secondary N) is 1. The Labute approximate surface area is 188 Å². The van der Waals surface area contributed by atoms with Gasteiger partial charge >= 0.3 is 0 Å². The van der Waals surface area contributed by atoms with E-state index >= 15 is 0 Å². The number of nitrogens with zero attached hydrogens (tertiary/aromatic N) is 1. The maximum absolute atomic E-state index is 13.1. The van der Waals surface area contributed by atoms with E-state index < -0.39 is 0 Å². The van der Waals surface area contributed by atoms with Gasteiger partial charge in [0, 0.05) is 30.1 Å². The molecule has 0 bridgehead atoms. The van der Waals surface area contributed by atoms with Gasteiger partial charge in [0.2, 0.25) is 5.91 Å². The molecule has 4 aromatic rings. The summed E-state index contributed by atoms with van der Waals surface area (Å²) < 4.78 is 11.3. The molecule has 0 saturated carbocycles. The predicted molar refractivity (Wildman–Crippen MR) is 127 cm³/mol. The standard InChI is InChI=1S/C27H28N2O3/c1-19(27(21-8-3-2-4-9-21)29-13-15-31-16-14-29)28-25(30)17-22-18-32-24-12-11-20-7-5-6-10-23(20)26(22)24/h2-12,18-19,27H,13-17H2,1H3,(H,28,30)/t19-,27-/m0/s1. The summed E-state index contributed by atoms with van der Waals surface area (Å²) in [5, 5.41) is 6.55. The first kappa shape index (κ1) is 20.7. The number of fused-ring (bicyclic) bond motifs is 3. The van der Waals surface area contributed by atoms with Gasteiger partial charge in [0.25, 0.3) is 0 Å². The zero-order chi connectivity index (χ0) is 21.9. The molecule has 2 heterocycles. The molecule has 0 unspecified atom stereocenters. The Kier molecular flexibility index (Phi) is 5.93. The topological polar surface area (TPSA) is 54.7 Å². The van der Waals surface area contributed by atoms with E-state index in [0.717, 1.165) is 53.6 Å². The lowest BCUT2D eigenvalue weighted by molar-refractivity contribution is -0.121. The largest absolute Gasteiger partial charge is 0.464 e. The monoisotopic (exact) mass is 428 g/mol. The molecule has 1 saturated heterocycles. The van der Waals surface area contributed by atoms with Crippen LogP contribution in [-0.2, 0) is 16.0 Å². The third-order valence-electron chi connectivity index (χ3n) is 6.33. The van der Waals surface area contributed by atoms with Gasteiger partial charge in [-0.15, -0.1) is 0 Å². The smallest absolute Gasteiger partial charge is 0.224 e. The number of amides is 1. The number of carbonyl (C=O) groups excluding carboxylic acids is 1. The Hall–Kier alpha value is -3.15. The maximum atomic E-state index is 13.1. The normalized spacial score (nSPS) is 16.8. The van der Waals surface area contributed by atoms with Gasteiger partial charge in [-0.2, -0.15) is 0 Å². The summed E-state index contributed by atoms with van der Waals surface area (Å²) in [7, 11) is 0. The van der Waals surface area contributed by atoms with Crippen molar-refractivity contribution in [2.75, 3.05) is 26.3 Å². The lowest BCUT2D eigenvalue weighted by atomic mass is 9.97. The Balaban J connectivity index is 1.37. The number of hydrogen-bond acceptors (Lipinski definition) is 4. The SMILES string of the molecule is C[C@H](NC(=O)Cc1coc2ccc3ccccc3c12)[C@@H](c1ccccc1)N1CCOCC1. The first-order valence-corrected chi connectivity index (χ1v) is 11.2. The zero-order valence-electron chi connectivity index (χ0n) is 18.3. The van der Waals surface area contributed by atoms with E-state index in [1.165, 1.54) is 5.56 Å². The molecule has 1 aliphatic heterocycles. The van der Waals surface area contributed by atoms with Crippen molar-refractivity contribution in [3.05, 3.63) is 84.1 Å². The lowest BCUT2D eigenvalue weighted by Gasteiger charge is -2.38. The molecule has 1 aliphatic rings. The van der Waals surface area contributed by atoms with Crippen LogP contribution in [-0.4, -0.2) is 43.2 Å². The number of ether oxygens (including phenoxy) is 1. The summed E-state index contributed by atoms with van der Waals surface area (Å²) >= 11 is 0. The average Bonchev–Trinajstić information content (AvgIpc) is 3.23. The number of carbonyl (C=O) groups is 1. The van der Waals surface area contributed by atoms with E-state index in [-0.39, 0.29) is 24.4 Å². The second kappa shape index (κ2) is 9.15. The number of hydrogen-bond donors (Lipinski definition) is 1. The van der Waals surface area contributed by atoms with Crippen LogP contribution in [0.5, 0.6) is 0 Å². The molecule has 3 aromatic carbocycles. The van der Waals surface area contributed by atoms with E-state index in [1.807, 2.05) is 24.3 Å². The fourth-order valence-corrected chi connectivity index (χ4v) is 4.88. The van der Waals surface area contributed by atoms with Gasteiger partial charge < -0.3 is 14.5 Å². The highest BCUT2D eigenvalue weighted by Crippen LogP contribution is 2.30. The first-order valence-electron chi connectivity index (χ1n) is 11.2. The minimum Gasteiger partial charge on any atom is -0.464 e. The van der Waals surface area contributed by atoms with Crippen molar-refractivity contribution in [3.8, 4) is 0 Å². The second-order valence-corrected chi connectivity index (χ2v) is 8.46. The molecule has 2 atom stereocenters. The molecule has 0 spiro atoms. The van der Waals surface area contributed by atoms with Crippen molar-refractivity contribution in [1.82, 2.24) is 10.2 Å². The molecule has 164 valence electrons. The van der Waals surface area contributed by atoms with Crippen LogP contribution in [0.15, 0.2) is 77.4 Å².